The summed E-state index contributed by atoms with van der Waals surface area (Å²) in [6.45, 7) is 2.04. The summed E-state index contributed by atoms with van der Waals surface area (Å²) in [7, 11) is 0. The summed E-state index contributed by atoms with van der Waals surface area (Å²) in [5.41, 5.74) is 3.01. The van der Waals surface area contributed by atoms with Gasteiger partial charge in [0.05, 0.1) is 5.69 Å². The molecule has 0 saturated heterocycles. The predicted octanol–water partition coefficient (Wildman–Crippen LogP) is 3.61. The van der Waals surface area contributed by atoms with E-state index in [0.29, 0.717) is 4.77 Å². The Labute approximate surface area is 121 Å². The normalized spacial score (nSPS) is 10.7. The van der Waals surface area contributed by atoms with Crippen LogP contribution in [0.25, 0.3) is 17.1 Å². The second-order valence-electron chi connectivity index (χ2n) is 4.57. The number of hydrogen-bond donors (Lipinski definition) is 2. The standard InChI is InChI=1S/C15H13N3OS/c1-10-3-2-4-12(9-10)18-14(16-17-15(18)20)11-5-7-13(19)8-6-11/h2-9,19H,1H3,(H,17,20). The number of H-pyrrole nitrogens is 1. The van der Waals surface area contributed by atoms with E-state index < -0.39 is 0 Å². The van der Waals surface area contributed by atoms with E-state index in [9.17, 15) is 5.11 Å². The van der Waals surface area contributed by atoms with Crippen molar-refractivity contribution in [3.8, 4) is 22.8 Å². The quantitative estimate of drug-likeness (QED) is 0.706. The zero-order valence-corrected chi connectivity index (χ0v) is 11.7. The fourth-order valence-corrected chi connectivity index (χ4v) is 2.35. The van der Waals surface area contributed by atoms with Crippen molar-refractivity contribution in [2.45, 2.75) is 6.92 Å². The third-order valence-corrected chi connectivity index (χ3v) is 3.33. The molecule has 2 N–H and O–H groups in total. The van der Waals surface area contributed by atoms with Gasteiger partial charge in [-0.3, -0.25) is 9.67 Å². The van der Waals surface area contributed by atoms with Gasteiger partial charge in [-0.1, -0.05) is 12.1 Å². The maximum absolute atomic E-state index is 9.38. The van der Waals surface area contributed by atoms with Crippen molar-refractivity contribution < 1.29 is 5.11 Å². The molecule has 0 amide bonds. The molecule has 0 fully saturated rings. The highest BCUT2D eigenvalue weighted by atomic mass is 32.1. The molecule has 3 aromatic rings. The van der Waals surface area contributed by atoms with E-state index >= 15 is 0 Å². The minimum Gasteiger partial charge on any atom is -0.508 e. The second kappa shape index (κ2) is 4.94. The molecule has 0 saturated carbocycles. The lowest BCUT2D eigenvalue weighted by atomic mass is 10.2. The van der Waals surface area contributed by atoms with Gasteiger partial charge in [0, 0.05) is 5.56 Å². The SMILES string of the molecule is Cc1cccc(-n2c(-c3ccc(O)cc3)n[nH]c2=S)c1. The number of nitrogens with one attached hydrogen (secondary N) is 1. The first-order valence-corrected chi connectivity index (χ1v) is 6.60. The Balaban J connectivity index is 2.20. The highest BCUT2D eigenvalue weighted by molar-refractivity contribution is 7.71. The topological polar surface area (TPSA) is 53.8 Å². The van der Waals surface area contributed by atoms with E-state index in [4.69, 9.17) is 12.2 Å². The van der Waals surface area contributed by atoms with Crippen LogP contribution in [0, 0.1) is 11.7 Å². The molecule has 20 heavy (non-hydrogen) atoms. The number of phenols is 1. The molecule has 2 aromatic carbocycles. The van der Waals surface area contributed by atoms with Gasteiger partial charge in [0.2, 0.25) is 0 Å². The summed E-state index contributed by atoms with van der Waals surface area (Å²) < 4.78 is 2.42. The van der Waals surface area contributed by atoms with Crippen molar-refractivity contribution in [2.75, 3.05) is 0 Å². The van der Waals surface area contributed by atoms with Crippen LogP contribution in [-0.2, 0) is 0 Å². The first kappa shape index (κ1) is 12.6. The lowest BCUT2D eigenvalue weighted by Gasteiger charge is -2.07. The number of nitrogens with zero attached hydrogens (tertiary/aromatic N) is 2. The Morgan fingerprint density at radius 1 is 1.15 bits per heavy atom. The molecule has 0 aliphatic heterocycles. The monoisotopic (exact) mass is 283 g/mol. The van der Waals surface area contributed by atoms with E-state index in [2.05, 4.69) is 16.3 Å². The molecule has 0 aliphatic carbocycles. The highest BCUT2D eigenvalue weighted by Crippen LogP contribution is 2.23. The van der Waals surface area contributed by atoms with E-state index in [0.717, 1.165) is 22.6 Å². The van der Waals surface area contributed by atoms with Crippen molar-refractivity contribution >= 4 is 12.2 Å². The number of aromatic amines is 1. The van der Waals surface area contributed by atoms with Crippen molar-refractivity contribution in [1.29, 1.82) is 0 Å². The zero-order valence-electron chi connectivity index (χ0n) is 10.9. The molecule has 100 valence electrons. The summed E-state index contributed by atoms with van der Waals surface area (Å²) in [6, 6.07) is 14.9. The van der Waals surface area contributed by atoms with Crippen LogP contribution in [0.5, 0.6) is 5.75 Å². The Hall–Kier alpha value is -2.40. The van der Waals surface area contributed by atoms with Gasteiger partial charge in [0.1, 0.15) is 5.75 Å². The van der Waals surface area contributed by atoms with E-state index in [1.54, 1.807) is 12.1 Å². The molecule has 5 heteroatoms. The minimum atomic E-state index is 0.227. The lowest BCUT2D eigenvalue weighted by Crippen LogP contribution is -1.97. The van der Waals surface area contributed by atoms with Crippen LogP contribution >= 0.6 is 12.2 Å². The molecule has 0 unspecified atom stereocenters. The highest BCUT2D eigenvalue weighted by Gasteiger charge is 2.10. The summed E-state index contributed by atoms with van der Waals surface area (Å²) in [5.74, 6) is 0.950. The smallest absolute Gasteiger partial charge is 0.200 e. The summed E-state index contributed by atoms with van der Waals surface area (Å²) in [6.07, 6.45) is 0. The largest absolute Gasteiger partial charge is 0.508 e. The van der Waals surface area contributed by atoms with Gasteiger partial charge in [0.25, 0.3) is 0 Å². The van der Waals surface area contributed by atoms with Crippen molar-refractivity contribution in [2.24, 2.45) is 0 Å². The molecule has 1 aromatic heterocycles. The lowest BCUT2D eigenvalue weighted by molar-refractivity contribution is 0.475. The van der Waals surface area contributed by atoms with Gasteiger partial charge in [0.15, 0.2) is 10.6 Å². The van der Waals surface area contributed by atoms with Crippen LogP contribution in [0.3, 0.4) is 0 Å². The van der Waals surface area contributed by atoms with Gasteiger partial charge in [-0.2, -0.15) is 5.10 Å². The number of hydrogen-bond acceptors (Lipinski definition) is 3. The number of aromatic hydroxyl groups is 1. The number of aryl methyl sites for hydroxylation is 1. The summed E-state index contributed by atoms with van der Waals surface area (Å²) in [4.78, 5) is 0. The predicted molar refractivity (Wildman–Crippen MR) is 80.6 cm³/mol. The number of aromatic nitrogens is 3. The van der Waals surface area contributed by atoms with Crippen LogP contribution in [0.1, 0.15) is 5.56 Å². The molecule has 4 nitrogen and oxygen atoms in total. The van der Waals surface area contributed by atoms with Crippen LogP contribution in [-0.4, -0.2) is 19.9 Å². The third-order valence-electron chi connectivity index (χ3n) is 3.06. The number of benzene rings is 2. The van der Waals surface area contributed by atoms with Gasteiger partial charge >= 0.3 is 0 Å². The molecule has 0 atom stereocenters. The minimum absolute atomic E-state index is 0.227. The number of phenolic OH excluding ortho intramolecular Hbond substituents is 1. The number of rotatable bonds is 2. The third kappa shape index (κ3) is 2.23. The molecule has 0 spiro atoms. The maximum atomic E-state index is 9.38. The van der Waals surface area contributed by atoms with Gasteiger partial charge in [-0.15, -0.1) is 0 Å². The molecule has 0 aliphatic rings. The molecule has 0 radical (unpaired) electrons. The first-order chi connectivity index (χ1) is 9.65. The van der Waals surface area contributed by atoms with Crippen molar-refractivity contribution in [3.05, 3.63) is 58.9 Å². The van der Waals surface area contributed by atoms with E-state index in [1.807, 2.05) is 41.8 Å². The molecule has 1 heterocycles. The van der Waals surface area contributed by atoms with Gasteiger partial charge in [-0.05, 0) is 61.1 Å². The van der Waals surface area contributed by atoms with Crippen molar-refractivity contribution in [3.63, 3.8) is 0 Å². The van der Waals surface area contributed by atoms with Crippen molar-refractivity contribution in [1.82, 2.24) is 14.8 Å². The summed E-state index contributed by atoms with van der Waals surface area (Å²) >= 11 is 5.32. The molecular formula is C15H13N3OS. The van der Waals surface area contributed by atoms with E-state index in [1.165, 1.54) is 0 Å². The van der Waals surface area contributed by atoms with Crippen LogP contribution < -0.4 is 0 Å². The Morgan fingerprint density at radius 2 is 1.90 bits per heavy atom. The summed E-state index contributed by atoms with van der Waals surface area (Å²) in [5, 5.41) is 16.5. The van der Waals surface area contributed by atoms with Crippen LogP contribution in [0.15, 0.2) is 48.5 Å². The Bertz CT molecular complexity index is 802. The maximum Gasteiger partial charge on any atom is 0.200 e. The van der Waals surface area contributed by atoms with Crippen LogP contribution in [0.2, 0.25) is 0 Å². The molecule has 3 rings (SSSR count). The molecular weight excluding hydrogens is 270 g/mol. The van der Waals surface area contributed by atoms with Gasteiger partial charge in [-0.25, -0.2) is 0 Å². The van der Waals surface area contributed by atoms with Crippen LogP contribution in [0.4, 0.5) is 0 Å². The average Bonchev–Trinajstić information content (AvgIpc) is 2.81. The van der Waals surface area contributed by atoms with E-state index in [-0.39, 0.29) is 5.75 Å². The zero-order chi connectivity index (χ0) is 14.1. The second-order valence-corrected chi connectivity index (χ2v) is 4.96. The molecule has 0 bridgehead atoms. The van der Waals surface area contributed by atoms with Gasteiger partial charge < -0.3 is 5.11 Å². The Morgan fingerprint density at radius 3 is 2.60 bits per heavy atom. The first-order valence-electron chi connectivity index (χ1n) is 6.19. The fraction of sp³-hybridized carbons (Fsp3) is 0.0667. The average molecular weight is 283 g/mol. The fourth-order valence-electron chi connectivity index (χ4n) is 2.11. The Kier molecular flexibility index (Phi) is 3.12.